The first kappa shape index (κ1) is 11.4. The van der Waals surface area contributed by atoms with Crippen molar-refractivity contribution in [1.29, 1.82) is 5.41 Å². The van der Waals surface area contributed by atoms with Gasteiger partial charge in [0, 0.05) is 6.07 Å². The van der Waals surface area contributed by atoms with Gasteiger partial charge in [-0.05, 0) is 29.5 Å². The number of nitrogens with one attached hydrogen (secondary N) is 2. The number of amides is 1. The van der Waals surface area contributed by atoms with Crippen LogP contribution in [0.1, 0.15) is 5.56 Å². The lowest BCUT2D eigenvalue weighted by Gasteiger charge is -2.02. The molecule has 2 heterocycles. The molecule has 1 saturated heterocycles. The van der Waals surface area contributed by atoms with Crippen LogP contribution in [0.3, 0.4) is 0 Å². The van der Waals surface area contributed by atoms with Gasteiger partial charge in [-0.3, -0.25) is 10.2 Å². The van der Waals surface area contributed by atoms with E-state index in [1.807, 2.05) is 0 Å². The fourth-order valence-electron chi connectivity index (χ4n) is 1.63. The van der Waals surface area contributed by atoms with E-state index in [-0.39, 0.29) is 17.9 Å². The van der Waals surface area contributed by atoms with Crippen LogP contribution in [-0.4, -0.2) is 17.9 Å². The third kappa shape index (κ3) is 1.93. The standard InChI is InChI=1S/C11H7ClN2O3S/c12-6-3-8-7(16-4-17-8)1-5(6)2-9-10(15)14-11(13)18-9/h1-3H,4H2,(H2,13,14,15). The summed E-state index contributed by atoms with van der Waals surface area (Å²) in [6, 6.07) is 3.37. The molecule has 0 bridgehead atoms. The van der Waals surface area contributed by atoms with Crippen LogP contribution >= 0.6 is 23.4 Å². The number of benzene rings is 1. The minimum Gasteiger partial charge on any atom is -0.454 e. The summed E-state index contributed by atoms with van der Waals surface area (Å²) in [4.78, 5) is 11.9. The summed E-state index contributed by atoms with van der Waals surface area (Å²) in [5, 5.41) is 10.3. The van der Waals surface area contributed by atoms with E-state index in [4.69, 9.17) is 26.5 Å². The Kier molecular flexibility index (Phi) is 2.68. The van der Waals surface area contributed by atoms with Gasteiger partial charge in [0.05, 0.1) is 9.93 Å². The van der Waals surface area contributed by atoms with Crippen LogP contribution in [0.25, 0.3) is 6.08 Å². The number of hydrogen-bond donors (Lipinski definition) is 2. The molecular formula is C11H7ClN2O3S. The van der Waals surface area contributed by atoms with Crippen molar-refractivity contribution in [3.8, 4) is 11.5 Å². The maximum atomic E-state index is 11.5. The molecule has 0 spiro atoms. The molecule has 0 aromatic heterocycles. The molecule has 1 aromatic carbocycles. The average molecular weight is 283 g/mol. The quantitative estimate of drug-likeness (QED) is 0.775. The smallest absolute Gasteiger partial charge is 0.264 e. The molecule has 1 fully saturated rings. The minimum atomic E-state index is -0.293. The van der Waals surface area contributed by atoms with Gasteiger partial charge in [-0.15, -0.1) is 0 Å². The first-order valence-electron chi connectivity index (χ1n) is 5.02. The van der Waals surface area contributed by atoms with Gasteiger partial charge in [0.15, 0.2) is 16.7 Å². The van der Waals surface area contributed by atoms with E-state index in [2.05, 4.69) is 5.32 Å². The molecule has 92 valence electrons. The van der Waals surface area contributed by atoms with E-state index in [1.165, 1.54) is 0 Å². The molecule has 3 rings (SSSR count). The van der Waals surface area contributed by atoms with Crippen molar-refractivity contribution in [2.75, 3.05) is 6.79 Å². The van der Waals surface area contributed by atoms with E-state index in [0.717, 1.165) is 11.8 Å². The van der Waals surface area contributed by atoms with Gasteiger partial charge < -0.3 is 14.8 Å². The van der Waals surface area contributed by atoms with Gasteiger partial charge in [-0.25, -0.2) is 0 Å². The second-order valence-electron chi connectivity index (χ2n) is 3.62. The third-order valence-electron chi connectivity index (χ3n) is 2.44. The predicted octanol–water partition coefficient (Wildman–Crippen LogP) is 2.21. The summed E-state index contributed by atoms with van der Waals surface area (Å²) in [5.74, 6) is 0.905. The van der Waals surface area contributed by atoms with Crippen molar-refractivity contribution >= 4 is 40.5 Å². The molecule has 2 N–H and O–H groups in total. The Hall–Kier alpha value is -1.66. The average Bonchev–Trinajstić information content (AvgIpc) is 2.86. The highest BCUT2D eigenvalue weighted by Gasteiger charge is 2.23. The molecule has 5 nitrogen and oxygen atoms in total. The number of ether oxygens (including phenoxy) is 2. The summed E-state index contributed by atoms with van der Waals surface area (Å²) in [5.41, 5.74) is 0.660. The van der Waals surface area contributed by atoms with Crippen LogP contribution in [0.5, 0.6) is 11.5 Å². The zero-order chi connectivity index (χ0) is 12.7. The van der Waals surface area contributed by atoms with Crippen molar-refractivity contribution in [3.63, 3.8) is 0 Å². The topological polar surface area (TPSA) is 71.4 Å². The number of amidine groups is 1. The summed E-state index contributed by atoms with van der Waals surface area (Å²) >= 11 is 7.16. The van der Waals surface area contributed by atoms with Crippen molar-refractivity contribution < 1.29 is 14.3 Å². The molecule has 18 heavy (non-hydrogen) atoms. The monoisotopic (exact) mass is 282 g/mol. The number of rotatable bonds is 1. The van der Waals surface area contributed by atoms with Gasteiger partial charge in [0.25, 0.3) is 5.91 Å². The number of hydrogen-bond acceptors (Lipinski definition) is 5. The van der Waals surface area contributed by atoms with Crippen molar-refractivity contribution in [2.24, 2.45) is 0 Å². The molecule has 2 aliphatic heterocycles. The van der Waals surface area contributed by atoms with E-state index in [9.17, 15) is 4.79 Å². The van der Waals surface area contributed by atoms with Crippen molar-refractivity contribution in [2.45, 2.75) is 0 Å². The molecule has 0 aliphatic carbocycles. The number of carbonyl (C=O) groups is 1. The Bertz CT molecular complexity index is 600. The molecule has 1 amide bonds. The van der Waals surface area contributed by atoms with Gasteiger partial charge in [0.1, 0.15) is 0 Å². The van der Waals surface area contributed by atoms with Crippen molar-refractivity contribution in [1.82, 2.24) is 5.32 Å². The highest BCUT2D eigenvalue weighted by atomic mass is 35.5. The van der Waals surface area contributed by atoms with Crippen LogP contribution in [0, 0.1) is 5.41 Å². The normalized spacial score (nSPS) is 19.5. The molecule has 0 unspecified atom stereocenters. The highest BCUT2D eigenvalue weighted by Crippen LogP contribution is 2.38. The largest absolute Gasteiger partial charge is 0.454 e. The van der Waals surface area contributed by atoms with Gasteiger partial charge in [-0.2, -0.15) is 0 Å². The number of fused-ring (bicyclic) bond motifs is 1. The summed E-state index contributed by atoms with van der Waals surface area (Å²) in [6.45, 7) is 0.172. The molecule has 1 aromatic rings. The maximum absolute atomic E-state index is 11.5. The molecule has 7 heteroatoms. The molecule has 0 atom stereocenters. The van der Waals surface area contributed by atoms with Crippen LogP contribution in [0.15, 0.2) is 17.0 Å². The van der Waals surface area contributed by atoms with E-state index < -0.39 is 0 Å². The first-order valence-corrected chi connectivity index (χ1v) is 6.21. The van der Waals surface area contributed by atoms with Crippen LogP contribution < -0.4 is 14.8 Å². The summed E-state index contributed by atoms with van der Waals surface area (Å²) < 4.78 is 10.4. The van der Waals surface area contributed by atoms with Gasteiger partial charge >= 0.3 is 0 Å². The minimum absolute atomic E-state index is 0.114. The van der Waals surface area contributed by atoms with Crippen LogP contribution in [0.4, 0.5) is 0 Å². The lowest BCUT2D eigenvalue weighted by atomic mass is 10.2. The van der Waals surface area contributed by atoms with Crippen LogP contribution in [0.2, 0.25) is 5.02 Å². The molecule has 0 radical (unpaired) electrons. The highest BCUT2D eigenvalue weighted by molar-refractivity contribution is 8.18. The lowest BCUT2D eigenvalue weighted by molar-refractivity contribution is -0.115. The Morgan fingerprint density at radius 3 is 2.78 bits per heavy atom. The molecule has 0 saturated carbocycles. The zero-order valence-corrected chi connectivity index (χ0v) is 10.5. The van der Waals surface area contributed by atoms with E-state index in [1.54, 1.807) is 18.2 Å². The SMILES string of the molecule is N=C1NC(=O)C(=Cc2cc3c(cc2Cl)OCO3)S1. The van der Waals surface area contributed by atoms with Crippen LogP contribution in [-0.2, 0) is 4.79 Å². The van der Waals surface area contributed by atoms with Gasteiger partial charge in [0.2, 0.25) is 6.79 Å². The molecule has 2 aliphatic rings. The summed E-state index contributed by atoms with van der Waals surface area (Å²) in [6.07, 6.45) is 1.63. The fourth-order valence-corrected chi connectivity index (χ4v) is 2.53. The third-order valence-corrected chi connectivity index (χ3v) is 3.60. The van der Waals surface area contributed by atoms with Gasteiger partial charge in [-0.1, -0.05) is 11.6 Å². The number of carbonyl (C=O) groups excluding carboxylic acids is 1. The summed E-state index contributed by atoms with van der Waals surface area (Å²) in [7, 11) is 0. The Morgan fingerprint density at radius 1 is 1.39 bits per heavy atom. The zero-order valence-electron chi connectivity index (χ0n) is 8.95. The Morgan fingerprint density at radius 2 is 2.11 bits per heavy atom. The fraction of sp³-hybridized carbons (Fsp3) is 0.0909. The number of halogens is 1. The Labute approximate surface area is 112 Å². The molecular weight excluding hydrogens is 276 g/mol. The lowest BCUT2D eigenvalue weighted by Crippen LogP contribution is -2.18. The number of thioether (sulfide) groups is 1. The van der Waals surface area contributed by atoms with E-state index >= 15 is 0 Å². The first-order chi connectivity index (χ1) is 8.63. The second-order valence-corrected chi connectivity index (χ2v) is 5.08. The van der Waals surface area contributed by atoms with E-state index in [0.29, 0.717) is 27.0 Å². The predicted molar refractivity (Wildman–Crippen MR) is 69.0 cm³/mol. The maximum Gasteiger partial charge on any atom is 0.264 e. The second kappa shape index (κ2) is 4.22. The van der Waals surface area contributed by atoms with Crippen molar-refractivity contribution in [3.05, 3.63) is 27.6 Å². The Balaban J connectivity index is 2.00.